The second-order valence-electron chi connectivity index (χ2n) is 8.04. The fraction of sp³-hybridized carbons (Fsp3) is 0.417. The third-order valence-electron chi connectivity index (χ3n) is 6.10. The topological polar surface area (TPSA) is 49.6 Å². The number of aromatic nitrogens is 2. The number of amides is 1. The van der Waals surface area contributed by atoms with E-state index in [0.29, 0.717) is 0 Å². The molecule has 3 aromatic rings. The van der Waals surface area contributed by atoms with Crippen molar-refractivity contribution >= 4 is 22.9 Å². The van der Waals surface area contributed by atoms with Gasteiger partial charge in [-0.2, -0.15) is 0 Å². The Morgan fingerprint density at radius 2 is 2.00 bits per heavy atom. The van der Waals surface area contributed by atoms with E-state index < -0.39 is 0 Å². The van der Waals surface area contributed by atoms with Crippen LogP contribution < -0.4 is 10.2 Å². The van der Waals surface area contributed by atoms with E-state index in [0.717, 1.165) is 54.9 Å². The summed E-state index contributed by atoms with van der Waals surface area (Å²) < 4.78 is 2.14. The van der Waals surface area contributed by atoms with Crippen molar-refractivity contribution in [1.29, 1.82) is 0 Å². The van der Waals surface area contributed by atoms with E-state index in [2.05, 4.69) is 72.8 Å². The van der Waals surface area contributed by atoms with Crippen LogP contribution in [-0.4, -0.2) is 28.4 Å². The highest BCUT2D eigenvalue weighted by molar-refractivity contribution is 5.93. The quantitative estimate of drug-likeness (QED) is 0.696. The Balaban J connectivity index is 1.51. The predicted octanol–water partition coefficient (Wildman–Crippen LogP) is 4.54. The summed E-state index contributed by atoms with van der Waals surface area (Å²) in [5, 5.41) is 3.18. The maximum atomic E-state index is 13.0. The fourth-order valence-electron chi connectivity index (χ4n) is 4.34. The van der Waals surface area contributed by atoms with Crippen LogP contribution in [0.3, 0.4) is 0 Å². The molecule has 0 bridgehead atoms. The second kappa shape index (κ2) is 7.90. The number of imidazole rings is 1. The summed E-state index contributed by atoms with van der Waals surface area (Å²) in [4.78, 5) is 20.1. The smallest absolute Gasteiger partial charge is 0.227 e. The van der Waals surface area contributed by atoms with Gasteiger partial charge in [-0.1, -0.05) is 0 Å². The highest BCUT2D eigenvalue weighted by atomic mass is 16.1. The molecule has 1 atom stereocenters. The molecule has 4 rings (SSSR count). The van der Waals surface area contributed by atoms with Crippen LogP contribution in [-0.2, 0) is 17.6 Å². The SMILES string of the molecule is CCN(CC)c1ccc(NC(=O)C2CCc3nc4cc(C)ccn4c3C2)c(C)c1. The summed E-state index contributed by atoms with van der Waals surface area (Å²) in [6, 6.07) is 10.5. The van der Waals surface area contributed by atoms with Crippen LogP contribution in [0.15, 0.2) is 36.5 Å². The van der Waals surface area contributed by atoms with E-state index in [-0.39, 0.29) is 11.8 Å². The molecule has 0 radical (unpaired) electrons. The Bertz CT molecular complexity index is 1050. The third-order valence-corrected chi connectivity index (χ3v) is 6.10. The molecule has 1 aliphatic rings. The Labute approximate surface area is 172 Å². The van der Waals surface area contributed by atoms with Crippen molar-refractivity contribution in [2.45, 2.75) is 47.0 Å². The van der Waals surface area contributed by atoms with Gasteiger partial charge in [0.15, 0.2) is 0 Å². The minimum Gasteiger partial charge on any atom is -0.372 e. The van der Waals surface area contributed by atoms with Crippen LogP contribution in [0.25, 0.3) is 5.65 Å². The van der Waals surface area contributed by atoms with Crippen molar-refractivity contribution in [3.05, 3.63) is 59.0 Å². The highest BCUT2D eigenvalue weighted by Crippen LogP contribution is 2.29. The van der Waals surface area contributed by atoms with E-state index in [1.165, 1.54) is 16.9 Å². The van der Waals surface area contributed by atoms with Crippen molar-refractivity contribution in [2.24, 2.45) is 5.92 Å². The number of hydrogen-bond acceptors (Lipinski definition) is 3. The summed E-state index contributed by atoms with van der Waals surface area (Å²) >= 11 is 0. The average molecular weight is 391 g/mol. The van der Waals surface area contributed by atoms with Crippen LogP contribution in [0.5, 0.6) is 0 Å². The lowest BCUT2D eigenvalue weighted by molar-refractivity contribution is -0.120. The molecule has 0 saturated heterocycles. The average Bonchev–Trinajstić information content (AvgIpc) is 3.07. The number of rotatable bonds is 5. The van der Waals surface area contributed by atoms with Gasteiger partial charge in [0, 0.05) is 48.7 Å². The number of fused-ring (bicyclic) bond motifs is 3. The number of hydrogen-bond donors (Lipinski definition) is 1. The maximum absolute atomic E-state index is 13.0. The zero-order chi connectivity index (χ0) is 20.5. The molecule has 0 fully saturated rings. The zero-order valence-corrected chi connectivity index (χ0v) is 17.8. The first-order valence-corrected chi connectivity index (χ1v) is 10.6. The van der Waals surface area contributed by atoms with Gasteiger partial charge < -0.3 is 14.6 Å². The lowest BCUT2D eigenvalue weighted by atomic mass is 9.89. The van der Waals surface area contributed by atoms with E-state index >= 15 is 0 Å². The summed E-state index contributed by atoms with van der Waals surface area (Å²) in [6.45, 7) is 10.4. The molecule has 1 amide bonds. The van der Waals surface area contributed by atoms with Gasteiger partial charge in [-0.3, -0.25) is 4.79 Å². The molecule has 2 heterocycles. The van der Waals surface area contributed by atoms with Gasteiger partial charge in [-0.25, -0.2) is 4.98 Å². The van der Waals surface area contributed by atoms with Crippen LogP contribution in [0, 0.1) is 19.8 Å². The van der Waals surface area contributed by atoms with Crippen molar-refractivity contribution in [2.75, 3.05) is 23.3 Å². The van der Waals surface area contributed by atoms with E-state index in [9.17, 15) is 4.79 Å². The number of anilines is 2. The van der Waals surface area contributed by atoms with Gasteiger partial charge in [0.05, 0.1) is 5.69 Å². The molecule has 1 N–H and O–H groups in total. The Morgan fingerprint density at radius 1 is 1.21 bits per heavy atom. The summed E-state index contributed by atoms with van der Waals surface area (Å²) in [7, 11) is 0. The molecule has 0 saturated carbocycles. The summed E-state index contributed by atoms with van der Waals surface area (Å²) in [5.41, 5.74) is 7.72. The molecule has 5 nitrogen and oxygen atoms in total. The number of nitrogens with one attached hydrogen (secondary N) is 1. The molecule has 5 heteroatoms. The largest absolute Gasteiger partial charge is 0.372 e. The van der Waals surface area contributed by atoms with Gasteiger partial charge in [-0.05, 0) is 82.0 Å². The summed E-state index contributed by atoms with van der Waals surface area (Å²) in [6.07, 6.45) is 4.52. The lowest BCUT2D eigenvalue weighted by Crippen LogP contribution is -2.29. The first-order valence-electron chi connectivity index (χ1n) is 10.6. The first-order chi connectivity index (χ1) is 14.0. The van der Waals surface area contributed by atoms with Gasteiger partial charge in [0.25, 0.3) is 0 Å². The molecule has 152 valence electrons. The molecular weight excluding hydrogens is 360 g/mol. The number of pyridine rings is 1. The van der Waals surface area contributed by atoms with Crippen LogP contribution in [0.1, 0.15) is 42.8 Å². The zero-order valence-electron chi connectivity index (χ0n) is 17.8. The van der Waals surface area contributed by atoms with Gasteiger partial charge in [0.2, 0.25) is 5.91 Å². The van der Waals surface area contributed by atoms with Crippen molar-refractivity contribution in [1.82, 2.24) is 9.38 Å². The van der Waals surface area contributed by atoms with Gasteiger partial charge >= 0.3 is 0 Å². The maximum Gasteiger partial charge on any atom is 0.227 e. The summed E-state index contributed by atoms with van der Waals surface area (Å²) in [5.74, 6) is 0.0852. The van der Waals surface area contributed by atoms with Crippen molar-refractivity contribution in [3.63, 3.8) is 0 Å². The molecule has 1 aliphatic carbocycles. The number of carbonyl (C=O) groups is 1. The second-order valence-corrected chi connectivity index (χ2v) is 8.04. The number of aryl methyl sites for hydroxylation is 3. The molecule has 1 unspecified atom stereocenters. The highest BCUT2D eigenvalue weighted by Gasteiger charge is 2.28. The number of nitrogens with zero attached hydrogens (tertiary/aromatic N) is 3. The van der Waals surface area contributed by atoms with E-state index in [1.807, 2.05) is 6.07 Å². The van der Waals surface area contributed by atoms with Crippen LogP contribution >= 0.6 is 0 Å². The van der Waals surface area contributed by atoms with Crippen molar-refractivity contribution in [3.8, 4) is 0 Å². The Kier molecular flexibility index (Phi) is 5.31. The molecule has 29 heavy (non-hydrogen) atoms. The van der Waals surface area contributed by atoms with Crippen LogP contribution in [0.4, 0.5) is 11.4 Å². The normalized spacial score (nSPS) is 15.9. The Hall–Kier alpha value is -2.82. The van der Waals surface area contributed by atoms with E-state index in [1.54, 1.807) is 0 Å². The lowest BCUT2D eigenvalue weighted by Gasteiger charge is -2.24. The van der Waals surface area contributed by atoms with E-state index in [4.69, 9.17) is 4.98 Å². The standard InChI is InChI=1S/C24H30N4O/c1-5-27(6-2)19-8-10-20(17(4)14-19)26-24(29)18-7-9-21-22(15-18)28-12-11-16(3)13-23(28)25-21/h8,10-14,18H,5-7,9,15H2,1-4H3,(H,26,29). The van der Waals surface area contributed by atoms with Gasteiger partial charge in [-0.15, -0.1) is 0 Å². The molecule has 0 aliphatic heterocycles. The predicted molar refractivity (Wildman–Crippen MR) is 119 cm³/mol. The van der Waals surface area contributed by atoms with Crippen molar-refractivity contribution < 1.29 is 4.79 Å². The molecule has 2 aromatic heterocycles. The minimum absolute atomic E-state index is 0.0226. The third kappa shape index (κ3) is 3.74. The monoisotopic (exact) mass is 390 g/mol. The minimum atomic E-state index is -0.0226. The number of benzene rings is 1. The number of carbonyl (C=O) groups excluding carboxylic acids is 1. The fourth-order valence-corrected chi connectivity index (χ4v) is 4.34. The first kappa shape index (κ1) is 19.5. The molecular formula is C24H30N4O. The van der Waals surface area contributed by atoms with Gasteiger partial charge in [0.1, 0.15) is 5.65 Å². The molecule has 1 aromatic carbocycles. The van der Waals surface area contributed by atoms with Crippen LogP contribution in [0.2, 0.25) is 0 Å². The molecule has 0 spiro atoms. The Morgan fingerprint density at radius 3 is 2.72 bits per heavy atom.